The Labute approximate surface area is 128 Å². The van der Waals surface area contributed by atoms with Crippen LogP contribution in [0.3, 0.4) is 0 Å². The van der Waals surface area contributed by atoms with Crippen molar-refractivity contribution in [2.45, 2.75) is 32.2 Å². The van der Waals surface area contributed by atoms with Crippen LogP contribution in [0.15, 0.2) is 34.9 Å². The van der Waals surface area contributed by atoms with E-state index < -0.39 is 0 Å². The molecule has 1 aromatic carbocycles. The van der Waals surface area contributed by atoms with Crippen molar-refractivity contribution >= 4 is 15.9 Å². The Morgan fingerprint density at radius 3 is 2.65 bits per heavy atom. The molecule has 0 spiro atoms. The zero-order chi connectivity index (χ0) is 14.5. The Bertz CT molecular complexity index is 550. The highest BCUT2D eigenvalue weighted by molar-refractivity contribution is 9.10. The van der Waals surface area contributed by atoms with Gasteiger partial charge in [0.05, 0.1) is 5.69 Å². The highest BCUT2D eigenvalue weighted by Crippen LogP contribution is 2.27. The van der Waals surface area contributed by atoms with Gasteiger partial charge in [0.25, 0.3) is 0 Å². The van der Waals surface area contributed by atoms with Gasteiger partial charge in [-0.15, -0.1) is 5.10 Å². The summed E-state index contributed by atoms with van der Waals surface area (Å²) in [6.07, 6.45) is 2.87. The lowest BCUT2D eigenvalue weighted by Gasteiger charge is -2.20. The molecule has 1 atom stereocenters. The van der Waals surface area contributed by atoms with Gasteiger partial charge in [-0.2, -0.15) is 0 Å². The van der Waals surface area contributed by atoms with Crippen LogP contribution in [0.1, 0.15) is 31.0 Å². The fourth-order valence-corrected chi connectivity index (χ4v) is 2.83. The molecule has 4 nitrogen and oxygen atoms in total. The van der Waals surface area contributed by atoms with Crippen molar-refractivity contribution in [3.63, 3.8) is 0 Å². The molecule has 0 aliphatic heterocycles. The Balaban J connectivity index is 2.18. The summed E-state index contributed by atoms with van der Waals surface area (Å²) < 4.78 is 2.90. The number of rotatable bonds is 6. The van der Waals surface area contributed by atoms with Gasteiger partial charge in [-0.25, -0.2) is 0 Å². The van der Waals surface area contributed by atoms with Crippen molar-refractivity contribution in [1.82, 2.24) is 20.3 Å². The lowest BCUT2D eigenvalue weighted by molar-refractivity contribution is 0.523. The monoisotopic (exact) mass is 336 g/mol. The third-order valence-corrected chi connectivity index (χ3v) is 3.95. The molecule has 108 valence electrons. The van der Waals surface area contributed by atoms with Gasteiger partial charge in [-0.1, -0.05) is 53.2 Å². The first kappa shape index (κ1) is 15.2. The van der Waals surface area contributed by atoms with Gasteiger partial charge < -0.3 is 5.32 Å². The third kappa shape index (κ3) is 4.15. The Hall–Kier alpha value is -1.20. The van der Waals surface area contributed by atoms with Gasteiger partial charge >= 0.3 is 0 Å². The molecule has 0 amide bonds. The summed E-state index contributed by atoms with van der Waals surface area (Å²) in [5, 5.41) is 11.7. The van der Waals surface area contributed by atoms with Gasteiger partial charge in [-0.3, -0.25) is 4.68 Å². The highest BCUT2D eigenvalue weighted by Gasteiger charge is 2.17. The van der Waals surface area contributed by atoms with E-state index in [0.717, 1.165) is 23.1 Å². The molecule has 2 aromatic rings. The number of hydrogen-bond acceptors (Lipinski definition) is 3. The quantitative estimate of drug-likeness (QED) is 0.881. The van der Waals surface area contributed by atoms with Crippen molar-refractivity contribution in [2.24, 2.45) is 7.05 Å². The van der Waals surface area contributed by atoms with Crippen LogP contribution in [0.2, 0.25) is 0 Å². The molecule has 5 heteroatoms. The lowest BCUT2D eigenvalue weighted by Crippen LogP contribution is -2.29. The smallest absolute Gasteiger partial charge is 0.0833 e. The topological polar surface area (TPSA) is 42.7 Å². The van der Waals surface area contributed by atoms with E-state index in [4.69, 9.17) is 0 Å². The van der Waals surface area contributed by atoms with Crippen molar-refractivity contribution in [1.29, 1.82) is 0 Å². The predicted molar refractivity (Wildman–Crippen MR) is 84.7 cm³/mol. The summed E-state index contributed by atoms with van der Waals surface area (Å²) in [4.78, 5) is 0. The van der Waals surface area contributed by atoms with E-state index in [1.165, 1.54) is 5.56 Å². The maximum Gasteiger partial charge on any atom is 0.0833 e. The lowest BCUT2D eigenvalue weighted by atomic mass is 9.94. The second-order valence-electron chi connectivity index (χ2n) is 5.37. The molecular formula is C15H21BrN4. The average molecular weight is 337 g/mol. The highest BCUT2D eigenvalue weighted by atomic mass is 79.9. The number of nitrogens with zero attached hydrogens (tertiary/aromatic N) is 3. The molecule has 0 aliphatic carbocycles. The molecule has 1 heterocycles. The minimum atomic E-state index is 0.379. The fraction of sp³-hybridized carbons (Fsp3) is 0.467. The van der Waals surface area contributed by atoms with Crippen LogP contribution in [-0.4, -0.2) is 27.6 Å². The zero-order valence-electron chi connectivity index (χ0n) is 12.2. The summed E-state index contributed by atoms with van der Waals surface area (Å²) in [5.41, 5.74) is 2.34. The Morgan fingerprint density at radius 2 is 2.05 bits per heavy atom. The van der Waals surface area contributed by atoms with Crippen LogP contribution in [0.5, 0.6) is 0 Å². The fourth-order valence-electron chi connectivity index (χ4n) is 2.22. The van der Waals surface area contributed by atoms with Crippen molar-refractivity contribution in [3.05, 3.63) is 46.2 Å². The largest absolute Gasteiger partial charge is 0.314 e. The van der Waals surface area contributed by atoms with Crippen LogP contribution in [0.4, 0.5) is 0 Å². The molecule has 0 saturated heterocycles. The maximum absolute atomic E-state index is 4.21. The maximum atomic E-state index is 4.21. The van der Waals surface area contributed by atoms with Crippen molar-refractivity contribution < 1.29 is 0 Å². The summed E-state index contributed by atoms with van der Waals surface area (Å²) in [6.45, 7) is 5.26. The first-order valence-electron chi connectivity index (χ1n) is 6.89. The molecule has 2 rings (SSSR count). The third-order valence-electron chi connectivity index (χ3n) is 3.22. The summed E-state index contributed by atoms with van der Waals surface area (Å²) in [7, 11) is 1.90. The normalized spacial score (nSPS) is 12.8. The van der Waals surface area contributed by atoms with Crippen LogP contribution in [-0.2, 0) is 13.5 Å². The van der Waals surface area contributed by atoms with E-state index in [2.05, 4.69) is 63.6 Å². The van der Waals surface area contributed by atoms with Gasteiger partial charge in [0, 0.05) is 42.6 Å². The molecule has 1 unspecified atom stereocenters. The first-order valence-corrected chi connectivity index (χ1v) is 7.68. The van der Waals surface area contributed by atoms with E-state index in [-0.39, 0.29) is 0 Å². The van der Waals surface area contributed by atoms with Crippen LogP contribution >= 0.6 is 15.9 Å². The van der Waals surface area contributed by atoms with E-state index in [1.54, 1.807) is 4.68 Å². The molecule has 0 saturated carbocycles. The van der Waals surface area contributed by atoms with Crippen LogP contribution in [0.25, 0.3) is 0 Å². The number of nitrogens with one attached hydrogen (secondary N) is 1. The molecule has 1 N–H and O–H groups in total. The minimum Gasteiger partial charge on any atom is -0.314 e. The molecular weight excluding hydrogens is 316 g/mol. The van der Waals surface area contributed by atoms with Crippen LogP contribution < -0.4 is 5.32 Å². The molecule has 1 aromatic heterocycles. The van der Waals surface area contributed by atoms with E-state index in [9.17, 15) is 0 Å². The predicted octanol–water partition coefficient (Wildman–Crippen LogP) is 2.90. The summed E-state index contributed by atoms with van der Waals surface area (Å²) in [5.74, 6) is 0.379. The molecule has 0 aliphatic rings. The van der Waals surface area contributed by atoms with E-state index in [0.29, 0.717) is 12.0 Å². The molecule has 20 heavy (non-hydrogen) atoms. The van der Waals surface area contributed by atoms with E-state index in [1.807, 2.05) is 19.3 Å². The number of hydrogen-bond donors (Lipinski definition) is 1. The van der Waals surface area contributed by atoms with Crippen molar-refractivity contribution in [2.75, 3.05) is 6.54 Å². The first-order chi connectivity index (χ1) is 9.56. The minimum absolute atomic E-state index is 0.379. The van der Waals surface area contributed by atoms with Gasteiger partial charge in [0.1, 0.15) is 0 Å². The summed E-state index contributed by atoms with van der Waals surface area (Å²) in [6, 6.07) is 8.87. The molecule has 0 bridgehead atoms. The number of aryl methyl sites for hydroxylation is 1. The number of halogens is 1. The standard InChI is InChI=1S/C15H21BrN4/c1-11(2)17-9-12(8-13-10-20(3)19-18-13)14-6-4-5-7-15(14)16/h4-7,10-12,17H,8-9H2,1-3H3. The van der Waals surface area contributed by atoms with Crippen LogP contribution in [0, 0.1) is 0 Å². The second-order valence-corrected chi connectivity index (χ2v) is 6.22. The SMILES string of the molecule is CC(C)NCC(Cc1cn(C)nn1)c1ccccc1Br. The van der Waals surface area contributed by atoms with Gasteiger partial charge in [-0.05, 0) is 11.6 Å². The Morgan fingerprint density at radius 1 is 1.30 bits per heavy atom. The number of benzene rings is 1. The Kier molecular flexibility index (Phi) is 5.31. The molecule has 0 fully saturated rings. The summed E-state index contributed by atoms with van der Waals surface area (Å²) >= 11 is 3.65. The van der Waals surface area contributed by atoms with Gasteiger partial charge in [0.2, 0.25) is 0 Å². The number of aromatic nitrogens is 3. The molecule has 0 radical (unpaired) electrons. The van der Waals surface area contributed by atoms with Crippen molar-refractivity contribution in [3.8, 4) is 0 Å². The second kappa shape index (κ2) is 6.99. The zero-order valence-corrected chi connectivity index (χ0v) is 13.8. The van der Waals surface area contributed by atoms with E-state index >= 15 is 0 Å². The average Bonchev–Trinajstić information content (AvgIpc) is 2.81. The van der Waals surface area contributed by atoms with Gasteiger partial charge in [0.15, 0.2) is 0 Å².